The molecule has 0 unspecified atom stereocenters. The van der Waals surface area contributed by atoms with Crippen molar-refractivity contribution in [3.05, 3.63) is 34.9 Å². The molecule has 0 bridgehead atoms. The number of nitrogens with one attached hydrogen (secondary N) is 2. The Morgan fingerprint density at radius 2 is 2.24 bits per heavy atom. The molecule has 92 valence electrons. The van der Waals surface area contributed by atoms with E-state index in [0.717, 1.165) is 43.3 Å². The average Bonchev–Trinajstić information content (AvgIpc) is 2.73. The second kappa shape index (κ2) is 5.89. The van der Waals surface area contributed by atoms with Crippen LogP contribution in [0.15, 0.2) is 24.3 Å². The van der Waals surface area contributed by atoms with Crippen LogP contribution >= 0.6 is 11.6 Å². The van der Waals surface area contributed by atoms with Crippen LogP contribution < -0.4 is 10.6 Å². The molecule has 0 atom stereocenters. The maximum atomic E-state index is 11.3. The van der Waals surface area contributed by atoms with Gasteiger partial charge in [0.05, 0.1) is 0 Å². The first-order valence-electron chi connectivity index (χ1n) is 5.74. The zero-order valence-electron chi connectivity index (χ0n) is 9.58. The molecule has 0 aliphatic carbocycles. The van der Waals surface area contributed by atoms with Gasteiger partial charge < -0.3 is 15.5 Å². The number of amides is 2. The molecule has 1 aliphatic rings. The number of nitrogens with zero attached hydrogens (tertiary/aromatic N) is 1. The summed E-state index contributed by atoms with van der Waals surface area (Å²) in [5, 5.41) is 6.84. The largest absolute Gasteiger partial charge is 0.336 e. The molecule has 1 fully saturated rings. The van der Waals surface area contributed by atoms with Gasteiger partial charge in [0.2, 0.25) is 0 Å². The Kier molecular flexibility index (Phi) is 4.23. The van der Waals surface area contributed by atoms with Crippen molar-refractivity contribution in [2.75, 3.05) is 26.2 Å². The lowest BCUT2D eigenvalue weighted by molar-refractivity contribution is 0.217. The maximum absolute atomic E-state index is 11.3. The lowest BCUT2D eigenvalue weighted by Crippen LogP contribution is -2.34. The van der Waals surface area contributed by atoms with Crippen LogP contribution in [-0.4, -0.2) is 37.1 Å². The van der Waals surface area contributed by atoms with Gasteiger partial charge in [-0.1, -0.05) is 29.8 Å². The van der Waals surface area contributed by atoms with Crippen LogP contribution in [0.5, 0.6) is 0 Å². The summed E-state index contributed by atoms with van der Waals surface area (Å²) in [6.45, 7) is 3.79. The molecule has 2 amide bonds. The highest BCUT2D eigenvalue weighted by Gasteiger charge is 2.17. The van der Waals surface area contributed by atoms with Crippen molar-refractivity contribution in [2.45, 2.75) is 6.54 Å². The molecule has 1 heterocycles. The van der Waals surface area contributed by atoms with E-state index in [1.54, 1.807) is 4.90 Å². The summed E-state index contributed by atoms with van der Waals surface area (Å²) in [4.78, 5) is 13.1. The highest BCUT2D eigenvalue weighted by atomic mass is 35.5. The summed E-state index contributed by atoms with van der Waals surface area (Å²) in [6, 6.07) is 7.80. The molecular weight excluding hydrogens is 238 g/mol. The van der Waals surface area contributed by atoms with Gasteiger partial charge in [-0.15, -0.1) is 0 Å². The zero-order chi connectivity index (χ0) is 12.1. The minimum Gasteiger partial charge on any atom is -0.336 e. The van der Waals surface area contributed by atoms with Crippen LogP contribution in [0.1, 0.15) is 5.56 Å². The summed E-state index contributed by atoms with van der Waals surface area (Å²) in [5.74, 6) is 0. The fourth-order valence-corrected chi connectivity index (χ4v) is 2.01. The van der Waals surface area contributed by atoms with Crippen molar-refractivity contribution in [1.29, 1.82) is 0 Å². The van der Waals surface area contributed by atoms with Crippen molar-refractivity contribution in [3.63, 3.8) is 0 Å². The summed E-state index contributed by atoms with van der Waals surface area (Å²) >= 11 is 6.04. The first-order valence-corrected chi connectivity index (χ1v) is 6.12. The third kappa shape index (κ3) is 3.35. The van der Waals surface area contributed by atoms with Gasteiger partial charge in [-0.05, 0) is 11.6 Å². The molecule has 1 aliphatic heterocycles. The minimum atomic E-state index is 0.0320. The molecule has 0 spiro atoms. The van der Waals surface area contributed by atoms with Gasteiger partial charge in [0, 0.05) is 37.7 Å². The first-order chi connectivity index (χ1) is 8.27. The summed E-state index contributed by atoms with van der Waals surface area (Å²) in [5.41, 5.74) is 1.08. The molecule has 4 nitrogen and oxygen atoms in total. The Labute approximate surface area is 106 Å². The quantitative estimate of drug-likeness (QED) is 0.781. The van der Waals surface area contributed by atoms with E-state index >= 15 is 0 Å². The SMILES string of the molecule is O=C1NCCN1CCNCc1ccccc1Cl. The van der Waals surface area contributed by atoms with E-state index < -0.39 is 0 Å². The molecule has 17 heavy (non-hydrogen) atoms. The fraction of sp³-hybridized carbons (Fsp3) is 0.417. The van der Waals surface area contributed by atoms with E-state index in [0.29, 0.717) is 0 Å². The Bertz CT molecular complexity index is 397. The lowest BCUT2D eigenvalue weighted by atomic mass is 10.2. The van der Waals surface area contributed by atoms with Crippen LogP contribution in [0.4, 0.5) is 4.79 Å². The van der Waals surface area contributed by atoms with Crippen molar-refractivity contribution >= 4 is 17.6 Å². The molecule has 1 saturated heterocycles. The van der Waals surface area contributed by atoms with Gasteiger partial charge >= 0.3 is 6.03 Å². The van der Waals surface area contributed by atoms with E-state index in [-0.39, 0.29) is 6.03 Å². The van der Waals surface area contributed by atoms with Crippen LogP contribution in [0, 0.1) is 0 Å². The Hall–Kier alpha value is -1.26. The van der Waals surface area contributed by atoms with E-state index in [2.05, 4.69) is 10.6 Å². The van der Waals surface area contributed by atoms with Crippen LogP contribution in [-0.2, 0) is 6.54 Å². The molecule has 1 aromatic rings. The van der Waals surface area contributed by atoms with Crippen molar-refractivity contribution in [2.24, 2.45) is 0 Å². The van der Waals surface area contributed by atoms with Gasteiger partial charge in [-0.2, -0.15) is 0 Å². The second-order valence-electron chi connectivity index (χ2n) is 3.99. The fourth-order valence-electron chi connectivity index (χ4n) is 1.80. The number of carbonyl (C=O) groups excluding carboxylic acids is 1. The predicted molar refractivity (Wildman–Crippen MR) is 68.1 cm³/mol. The van der Waals surface area contributed by atoms with Crippen molar-refractivity contribution < 1.29 is 4.79 Å². The van der Waals surface area contributed by atoms with Crippen molar-refractivity contribution in [1.82, 2.24) is 15.5 Å². The van der Waals surface area contributed by atoms with Gasteiger partial charge in [-0.25, -0.2) is 4.79 Å². The van der Waals surface area contributed by atoms with E-state index in [4.69, 9.17) is 11.6 Å². The third-order valence-electron chi connectivity index (χ3n) is 2.78. The number of carbonyl (C=O) groups is 1. The lowest BCUT2D eigenvalue weighted by Gasteiger charge is -2.14. The van der Waals surface area contributed by atoms with Gasteiger partial charge in [0.15, 0.2) is 0 Å². The van der Waals surface area contributed by atoms with Crippen LogP contribution in [0.3, 0.4) is 0 Å². The number of halogens is 1. The average molecular weight is 254 g/mol. The normalized spacial score (nSPS) is 15.1. The van der Waals surface area contributed by atoms with Crippen LogP contribution in [0.25, 0.3) is 0 Å². The van der Waals surface area contributed by atoms with Crippen LogP contribution in [0.2, 0.25) is 5.02 Å². The summed E-state index contributed by atoms with van der Waals surface area (Å²) < 4.78 is 0. The second-order valence-corrected chi connectivity index (χ2v) is 4.39. The standard InChI is InChI=1S/C12H16ClN3O/c13-11-4-2-1-3-10(11)9-14-5-7-16-8-6-15-12(16)17/h1-4,14H,5-9H2,(H,15,17). The Morgan fingerprint density at radius 1 is 1.41 bits per heavy atom. The molecule has 2 rings (SSSR count). The summed E-state index contributed by atoms with van der Waals surface area (Å²) in [6.07, 6.45) is 0. The number of benzene rings is 1. The van der Waals surface area contributed by atoms with E-state index in [1.165, 1.54) is 0 Å². The topological polar surface area (TPSA) is 44.4 Å². The maximum Gasteiger partial charge on any atom is 0.317 e. The molecule has 0 saturated carbocycles. The van der Waals surface area contributed by atoms with Gasteiger partial charge in [0.1, 0.15) is 0 Å². The van der Waals surface area contributed by atoms with Crippen molar-refractivity contribution in [3.8, 4) is 0 Å². The Balaban J connectivity index is 1.70. The summed E-state index contributed by atoms with van der Waals surface area (Å²) in [7, 11) is 0. The number of hydrogen-bond acceptors (Lipinski definition) is 2. The van der Waals surface area contributed by atoms with E-state index in [9.17, 15) is 4.79 Å². The molecule has 1 aromatic carbocycles. The molecular formula is C12H16ClN3O. The van der Waals surface area contributed by atoms with E-state index in [1.807, 2.05) is 24.3 Å². The van der Waals surface area contributed by atoms with Gasteiger partial charge in [0.25, 0.3) is 0 Å². The molecule has 5 heteroatoms. The number of rotatable bonds is 5. The molecule has 0 radical (unpaired) electrons. The highest BCUT2D eigenvalue weighted by molar-refractivity contribution is 6.31. The monoisotopic (exact) mass is 253 g/mol. The Morgan fingerprint density at radius 3 is 2.94 bits per heavy atom. The number of hydrogen-bond donors (Lipinski definition) is 2. The zero-order valence-corrected chi connectivity index (χ0v) is 10.3. The third-order valence-corrected chi connectivity index (χ3v) is 3.15. The number of urea groups is 1. The minimum absolute atomic E-state index is 0.0320. The highest BCUT2D eigenvalue weighted by Crippen LogP contribution is 2.14. The molecule has 2 N–H and O–H groups in total. The first kappa shape index (κ1) is 12.2. The predicted octanol–water partition coefficient (Wildman–Crippen LogP) is 1.45. The molecule has 0 aromatic heterocycles. The smallest absolute Gasteiger partial charge is 0.317 e. The van der Waals surface area contributed by atoms with Gasteiger partial charge in [-0.3, -0.25) is 0 Å².